The van der Waals surface area contributed by atoms with Crippen molar-refractivity contribution in [3.63, 3.8) is 0 Å². The van der Waals surface area contributed by atoms with E-state index in [-0.39, 0.29) is 12.1 Å². The number of benzene rings is 1. The number of hydrogen-bond acceptors (Lipinski definition) is 6. The minimum Gasteiger partial charge on any atom is -0.451 e. The number of urea groups is 1. The zero-order valence-electron chi connectivity index (χ0n) is 13.4. The molecule has 3 rings (SSSR count). The van der Waals surface area contributed by atoms with Crippen LogP contribution in [0.3, 0.4) is 0 Å². The molecule has 0 radical (unpaired) electrons. The maximum absolute atomic E-state index is 12.1. The monoisotopic (exact) mass is 345 g/mol. The number of anilines is 1. The standard InChI is InChI=1S/C16H15N3O6/c1-9(14(22)18-7-6-17-16(18)24)25-12(20)8-19-11-5-3-2-4-10(11)13(21)15(19)23/h2-5,9H,6-8H2,1H3,(H,17,24)/t9-/m0/s1. The average molecular weight is 345 g/mol. The van der Waals surface area contributed by atoms with Crippen LogP contribution in [-0.4, -0.2) is 60.2 Å². The first-order valence-electron chi connectivity index (χ1n) is 7.64. The lowest BCUT2D eigenvalue weighted by molar-refractivity contribution is -0.156. The van der Waals surface area contributed by atoms with Gasteiger partial charge >= 0.3 is 12.0 Å². The Morgan fingerprint density at radius 1 is 1.24 bits per heavy atom. The zero-order chi connectivity index (χ0) is 18.1. The number of carbonyl (C=O) groups excluding carboxylic acids is 5. The molecule has 4 amide bonds. The van der Waals surface area contributed by atoms with Crippen molar-refractivity contribution in [2.45, 2.75) is 13.0 Å². The number of ether oxygens (including phenoxy) is 1. The highest BCUT2D eigenvalue weighted by Crippen LogP contribution is 2.28. The summed E-state index contributed by atoms with van der Waals surface area (Å²) in [5.74, 6) is -3.01. The molecule has 9 nitrogen and oxygen atoms in total. The fourth-order valence-electron chi connectivity index (χ4n) is 2.72. The van der Waals surface area contributed by atoms with Crippen molar-refractivity contribution in [2.24, 2.45) is 0 Å². The average Bonchev–Trinajstić information content (AvgIpc) is 3.12. The van der Waals surface area contributed by atoms with Gasteiger partial charge in [0, 0.05) is 13.1 Å². The molecule has 1 aromatic rings. The number of amides is 4. The Bertz CT molecular complexity index is 790. The number of Topliss-reactive ketones (excluding diaryl/α,β-unsaturated/α-hetero) is 1. The van der Waals surface area contributed by atoms with Crippen LogP contribution in [0.4, 0.5) is 10.5 Å². The molecule has 0 aliphatic carbocycles. The minimum absolute atomic E-state index is 0.200. The molecule has 2 heterocycles. The van der Waals surface area contributed by atoms with Crippen molar-refractivity contribution in [3.8, 4) is 0 Å². The molecule has 1 atom stereocenters. The molecule has 0 saturated carbocycles. The van der Waals surface area contributed by atoms with Gasteiger partial charge in [-0.15, -0.1) is 0 Å². The van der Waals surface area contributed by atoms with Crippen LogP contribution in [0.1, 0.15) is 17.3 Å². The highest BCUT2D eigenvalue weighted by molar-refractivity contribution is 6.52. The number of carbonyl (C=O) groups is 5. The summed E-state index contributed by atoms with van der Waals surface area (Å²) >= 11 is 0. The molecule has 2 aliphatic rings. The van der Waals surface area contributed by atoms with Gasteiger partial charge in [-0.1, -0.05) is 12.1 Å². The minimum atomic E-state index is -1.18. The van der Waals surface area contributed by atoms with E-state index in [0.717, 1.165) is 9.80 Å². The molecule has 0 unspecified atom stereocenters. The van der Waals surface area contributed by atoms with Crippen LogP contribution in [0.25, 0.3) is 0 Å². The summed E-state index contributed by atoms with van der Waals surface area (Å²) in [6, 6.07) is 5.77. The number of hydrogen-bond donors (Lipinski definition) is 1. The largest absolute Gasteiger partial charge is 0.451 e. The van der Waals surface area contributed by atoms with E-state index in [2.05, 4.69) is 5.32 Å². The van der Waals surface area contributed by atoms with Gasteiger partial charge in [0.05, 0.1) is 11.3 Å². The lowest BCUT2D eigenvalue weighted by atomic mass is 10.1. The molecule has 1 saturated heterocycles. The lowest BCUT2D eigenvalue weighted by Crippen LogP contribution is -2.43. The third-order valence-electron chi connectivity index (χ3n) is 3.94. The summed E-state index contributed by atoms with van der Waals surface area (Å²) in [5.41, 5.74) is 0.547. The smallest absolute Gasteiger partial charge is 0.326 e. The zero-order valence-corrected chi connectivity index (χ0v) is 13.4. The van der Waals surface area contributed by atoms with E-state index < -0.39 is 42.2 Å². The van der Waals surface area contributed by atoms with Crippen LogP contribution in [0.15, 0.2) is 24.3 Å². The van der Waals surface area contributed by atoms with Gasteiger partial charge in [-0.3, -0.25) is 29.0 Å². The van der Waals surface area contributed by atoms with Crippen molar-refractivity contribution < 1.29 is 28.7 Å². The molecule has 0 aromatic heterocycles. The lowest BCUT2D eigenvalue weighted by Gasteiger charge is -2.20. The topological polar surface area (TPSA) is 113 Å². The van der Waals surface area contributed by atoms with E-state index in [0.29, 0.717) is 12.2 Å². The number of fused-ring (bicyclic) bond motifs is 1. The van der Waals surface area contributed by atoms with Gasteiger partial charge in [0.25, 0.3) is 17.6 Å². The SMILES string of the molecule is C[C@H](OC(=O)CN1C(=O)C(=O)c2ccccc21)C(=O)N1CCNC1=O. The molecular weight excluding hydrogens is 330 g/mol. The van der Waals surface area contributed by atoms with Crippen LogP contribution < -0.4 is 10.2 Å². The molecule has 130 valence electrons. The third kappa shape index (κ3) is 2.95. The predicted octanol–water partition coefficient (Wildman–Crippen LogP) is -0.301. The van der Waals surface area contributed by atoms with Crippen LogP contribution in [-0.2, 0) is 19.1 Å². The van der Waals surface area contributed by atoms with Gasteiger partial charge in [0.1, 0.15) is 6.54 Å². The number of imide groups is 1. The van der Waals surface area contributed by atoms with Gasteiger partial charge < -0.3 is 10.1 Å². The molecule has 0 spiro atoms. The molecule has 9 heteroatoms. The number of esters is 1. The number of nitrogens with zero attached hydrogens (tertiary/aromatic N) is 2. The Morgan fingerprint density at radius 3 is 2.64 bits per heavy atom. The second kappa shape index (κ2) is 6.34. The Labute approximate surface area is 142 Å². The Hall–Kier alpha value is -3.23. The summed E-state index contributed by atoms with van der Waals surface area (Å²) in [5, 5.41) is 2.47. The molecule has 1 fully saturated rings. The van der Waals surface area contributed by atoms with Gasteiger partial charge in [0.2, 0.25) is 0 Å². The Balaban J connectivity index is 1.65. The van der Waals surface area contributed by atoms with E-state index in [9.17, 15) is 24.0 Å². The van der Waals surface area contributed by atoms with Crippen molar-refractivity contribution in [1.82, 2.24) is 10.2 Å². The van der Waals surface area contributed by atoms with E-state index in [4.69, 9.17) is 4.74 Å². The molecule has 25 heavy (non-hydrogen) atoms. The number of nitrogens with one attached hydrogen (secondary N) is 1. The maximum Gasteiger partial charge on any atom is 0.326 e. The van der Waals surface area contributed by atoms with Crippen LogP contribution in [0, 0.1) is 0 Å². The summed E-state index contributed by atoms with van der Waals surface area (Å²) in [4.78, 5) is 61.5. The van der Waals surface area contributed by atoms with E-state index in [1.54, 1.807) is 18.2 Å². The molecule has 2 aliphatic heterocycles. The van der Waals surface area contributed by atoms with Crippen LogP contribution in [0.5, 0.6) is 0 Å². The fraction of sp³-hybridized carbons (Fsp3) is 0.312. The summed E-state index contributed by atoms with van der Waals surface area (Å²) < 4.78 is 5.02. The highest BCUT2D eigenvalue weighted by Gasteiger charge is 2.38. The van der Waals surface area contributed by atoms with Crippen molar-refractivity contribution in [3.05, 3.63) is 29.8 Å². The predicted molar refractivity (Wildman–Crippen MR) is 83.8 cm³/mol. The molecule has 0 bridgehead atoms. The van der Waals surface area contributed by atoms with Crippen molar-refractivity contribution >= 4 is 35.3 Å². The number of rotatable bonds is 4. The molecule has 1 N–H and O–H groups in total. The van der Waals surface area contributed by atoms with Gasteiger partial charge in [-0.2, -0.15) is 0 Å². The number of para-hydroxylation sites is 1. The molecule has 1 aromatic carbocycles. The van der Waals surface area contributed by atoms with Gasteiger partial charge in [-0.05, 0) is 19.1 Å². The van der Waals surface area contributed by atoms with E-state index in [1.807, 2.05) is 0 Å². The number of ketones is 1. The first kappa shape index (κ1) is 16.6. The normalized spacial score (nSPS) is 17.4. The van der Waals surface area contributed by atoms with E-state index >= 15 is 0 Å². The van der Waals surface area contributed by atoms with E-state index in [1.165, 1.54) is 13.0 Å². The van der Waals surface area contributed by atoms with Crippen molar-refractivity contribution in [1.29, 1.82) is 0 Å². The Morgan fingerprint density at radius 2 is 1.96 bits per heavy atom. The summed E-state index contributed by atoms with van der Waals surface area (Å²) in [6.07, 6.45) is -1.18. The highest BCUT2D eigenvalue weighted by atomic mass is 16.5. The first-order valence-corrected chi connectivity index (χ1v) is 7.64. The van der Waals surface area contributed by atoms with Gasteiger partial charge in [0.15, 0.2) is 6.10 Å². The summed E-state index contributed by atoms with van der Waals surface area (Å²) in [6.45, 7) is 1.39. The van der Waals surface area contributed by atoms with Gasteiger partial charge in [-0.25, -0.2) is 4.79 Å². The Kier molecular flexibility index (Phi) is 4.22. The fourth-order valence-corrected chi connectivity index (χ4v) is 2.72. The second-order valence-electron chi connectivity index (χ2n) is 5.59. The first-order chi connectivity index (χ1) is 11.9. The van der Waals surface area contributed by atoms with Crippen molar-refractivity contribution in [2.75, 3.05) is 24.5 Å². The summed E-state index contributed by atoms with van der Waals surface area (Å²) in [7, 11) is 0. The molecular formula is C16H15N3O6. The maximum atomic E-state index is 12.1. The quantitative estimate of drug-likeness (QED) is 0.592. The second-order valence-corrected chi connectivity index (χ2v) is 5.59. The van der Waals surface area contributed by atoms with Crippen LogP contribution >= 0.6 is 0 Å². The third-order valence-corrected chi connectivity index (χ3v) is 3.94. The van der Waals surface area contributed by atoms with Crippen LogP contribution in [0.2, 0.25) is 0 Å².